The third-order valence-corrected chi connectivity index (χ3v) is 3.43. The lowest BCUT2D eigenvalue weighted by Crippen LogP contribution is -1.89. The number of nitrogens with zero attached hydrogens (tertiary/aromatic N) is 1. The van der Waals surface area contributed by atoms with Crippen LogP contribution in [0.3, 0.4) is 0 Å². The molecule has 0 aliphatic carbocycles. The lowest BCUT2D eigenvalue weighted by Gasteiger charge is -2.12. The Morgan fingerprint density at radius 3 is 2.93 bits per heavy atom. The second-order valence-corrected chi connectivity index (χ2v) is 4.77. The van der Waals surface area contributed by atoms with Crippen LogP contribution in [0.5, 0.6) is 0 Å². The van der Waals surface area contributed by atoms with Crippen molar-refractivity contribution in [2.24, 2.45) is 4.99 Å². The van der Waals surface area contributed by atoms with Crippen LogP contribution < -0.4 is 0 Å². The Morgan fingerprint density at radius 2 is 2.21 bits per heavy atom. The van der Waals surface area contributed by atoms with Crippen LogP contribution in [0, 0.1) is 0 Å². The highest BCUT2D eigenvalue weighted by Crippen LogP contribution is 2.40. The lowest BCUT2D eigenvalue weighted by atomic mass is 10.0. The van der Waals surface area contributed by atoms with Crippen LogP contribution in [0.1, 0.15) is 25.3 Å². The molecule has 1 aliphatic heterocycles. The van der Waals surface area contributed by atoms with Gasteiger partial charge in [-0.25, -0.2) is 4.99 Å². The highest BCUT2D eigenvalue weighted by molar-refractivity contribution is 8.02. The molecule has 0 saturated carbocycles. The van der Waals surface area contributed by atoms with Crippen molar-refractivity contribution in [3.05, 3.63) is 28.1 Å². The van der Waals surface area contributed by atoms with Gasteiger partial charge in [0.25, 0.3) is 0 Å². The number of hydrogen-bond acceptors (Lipinski definition) is 2. The van der Waals surface area contributed by atoms with E-state index in [-0.39, 0.29) is 0 Å². The summed E-state index contributed by atoms with van der Waals surface area (Å²) in [7, 11) is 0. The maximum atomic E-state index is 6.16. The largest absolute Gasteiger partial charge is 0.204 e. The Hall–Kier alpha value is -0.690. The molecule has 14 heavy (non-hydrogen) atoms. The Labute approximate surface area is 92.9 Å². The fourth-order valence-corrected chi connectivity index (χ4v) is 2.29. The zero-order valence-electron chi connectivity index (χ0n) is 8.04. The number of rotatable bonds is 1. The van der Waals surface area contributed by atoms with Gasteiger partial charge in [-0.1, -0.05) is 37.2 Å². The van der Waals surface area contributed by atoms with Gasteiger partial charge in [-0.3, -0.25) is 0 Å². The topological polar surface area (TPSA) is 12.4 Å². The van der Waals surface area contributed by atoms with E-state index in [9.17, 15) is 0 Å². The first-order valence-electron chi connectivity index (χ1n) is 4.46. The van der Waals surface area contributed by atoms with Crippen molar-refractivity contribution in [2.45, 2.75) is 24.7 Å². The van der Waals surface area contributed by atoms with E-state index in [1.54, 1.807) is 11.8 Å². The third kappa shape index (κ3) is 1.74. The van der Waals surface area contributed by atoms with Gasteiger partial charge < -0.3 is 0 Å². The number of hydrogen-bond donors (Lipinski definition) is 0. The van der Waals surface area contributed by atoms with Crippen LogP contribution in [-0.2, 0) is 0 Å². The number of halogens is 1. The van der Waals surface area contributed by atoms with E-state index in [4.69, 9.17) is 11.6 Å². The Balaban J connectivity index is 2.58. The summed E-state index contributed by atoms with van der Waals surface area (Å²) in [6.07, 6.45) is 0. The fourth-order valence-electron chi connectivity index (χ4n) is 1.31. The van der Waals surface area contributed by atoms with Gasteiger partial charge in [0, 0.05) is 5.41 Å². The summed E-state index contributed by atoms with van der Waals surface area (Å²) in [5.74, 6) is 3.31. The fraction of sp³-hybridized carbons (Fsp3) is 0.273. The minimum atomic E-state index is 0.476. The second kappa shape index (κ2) is 3.82. The summed E-state index contributed by atoms with van der Waals surface area (Å²) in [4.78, 5) is 5.22. The van der Waals surface area contributed by atoms with E-state index < -0.39 is 0 Å². The summed E-state index contributed by atoms with van der Waals surface area (Å²) in [5, 5.41) is 2.61. The van der Waals surface area contributed by atoms with Gasteiger partial charge in [0.15, 0.2) is 0 Å². The van der Waals surface area contributed by atoms with E-state index in [2.05, 4.69) is 30.8 Å². The maximum absolute atomic E-state index is 6.16. The molecule has 0 unspecified atom stereocenters. The van der Waals surface area contributed by atoms with Gasteiger partial charge in [-0.15, -0.1) is 0 Å². The van der Waals surface area contributed by atoms with Gasteiger partial charge in [0.1, 0.15) is 0 Å². The number of aliphatic imine (C=N–C) groups is 1. The number of thioether (sulfide) groups is 1. The van der Waals surface area contributed by atoms with Crippen molar-refractivity contribution in [1.82, 2.24) is 0 Å². The van der Waals surface area contributed by atoms with Crippen LogP contribution in [0.15, 0.2) is 27.4 Å². The van der Waals surface area contributed by atoms with Crippen LogP contribution in [0.4, 0.5) is 5.69 Å². The average Bonchev–Trinajstić information content (AvgIpc) is 2.17. The van der Waals surface area contributed by atoms with Gasteiger partial charge in [-0.05, 0) is 29.5 Å². The zero-order valence-corrected chi connectivity index (χ0v) is 9.62. The molecule has 1 aromatic carbocycles. The maximum Gasteiger partial charge on any atom is 0.0887 e. The first kappa shape index (κ1) is 9.85. The molecule has 72 valence electrons. The molecule has 1 aromatic rings. The van der Waals surface area contributed by atoms with Crippen molar-refractivity contribution >= 4 is 34.9 Å². The van der Waals surface area contributed by atoms with E-state index >= 15 is 0 Å². The molecule has 2 rings (SSSR count). The zero-order chi connectivity index (χ0) is 10.1. The molecule has 3 heteroatoms. The Kier molecular flexibility index (Phi) is 2.69. The van der Waals surface area contributed by atoms with Crippen LogP contribution in [0.25, 0.3) is 0 Å². The Morgan fingerprint density at radius 1 is 1.43 bits per heavy atom. The first-order chi connectivity index (χ1) is 6.68. The van der Waals surface area contributed by atoms with Gasteiger partial charge in [0.05, 0.1) is 15.6 Å². The molecule has 0 fully saturated rings. The summed E-state index contributed by atoms with van der Waals surface area (Å²) < 4.78 is 0. The van der Waals surface area contributed by atoms with E-state index in [0.29, 0.717) is 5.92 Å². The number of benzene rings is 1. The molecular weight excluding hydrogens is 214 g/mol. The van der Waals surface area contributed by atoms with Crippen molar-refractivity contribution in [3.63, 3.8) is 0 Å². The molecule has 1 nitrogen and oxygen atoms in total. The molecule has 0 amide bonds. The van der Waals surface area contributed by atoms with Crippen molar-refractivity contribution in [3.8, 4) is 0 Å². The third-order valence-electron chi connectivity index (χ3n) is 2.13. The lowest BCUT2D eigenvalue weighted by molar-refractivity contribution is 0.865. The molecule has 0 atom stereocenters. The molecule has 1 heterocycles. The smallest absolute Gasteiger partial charge is 0.0887 e. The molecule has 0 N–H and O–H groups in total. The summed E-state index contributed by atoms with van der Waals surface area (Å²) in [6, 6.07) is 4.10. The standard InChI is InChI=1S/C11H10ClNS/c1-7(2)8-5-9(12)11-10(6-8)13-3-4-14-11/h4-7H,1-2H3. The summed E-state index contributed by atoms with van der Waals surface area (Å²) in [6.45, 7) is 4.29. The summed E-state index contributed by atoms with van der Waals surface area (Å²) in [5.41, 5.74) is 2.16. The van der Waals surface area contributed by atoms with E-state index in [1.165, 1.54) is 5.56 Å². The average molecular weight is 224 g/mol. The van der Waals surface area contributed by atoms with Crippen LogP contribution >= 0.6 is 23.4 Å². The normalized spacial score (nSPS) is 13.4. The molecule has 0 bridgehead atoms. The number of fused-ring (bicyclic) bond motifs is 1. The molecule has 0 saturated heterocycles. The van der Waals surface area contributed by atoms with Crippen molar-refractivity contribution in [1.29, 1.82) is 0 Å². The van der Waals surface area contributed by atoms with Gasteiger partial charge in [0.2, 0.25) is 0 Å². The van der Waals surface area contributed by atoms with Gasteiger partial charge in [-0.2, -0.15) is 0 Å². The van der Waals surface area contributed by atoms with Gasteiger partial charge >= 0.3 is 0 Å². The SMILES string of the molecule is CC(C)c1cc(Cl)c2c(c1)N=C=CS2. The Bertz CT molecular complexity index is 431. The predicted octanol–water partition coefficient (Wildman–Crippen LogP) is 4.38. The van der Waals surface area contributed by atoms with E-state index in [0.717, 1.165) is 15.6 Å². The molecule has 1 aliphatic rings. The molecular formula is C11H10ClNS. The van der Waals surface area contributed by atoms with E-state index in [1.807, 2.05) is 11.5 Å². The highest BCUT2D eigenvalue weighted by Gasteiger charge is 2.12. The first-order valence-corrected chi connectivity index (χ1v) is 5.72. The minimum Gasteiger partial charge on any atom is -0.204 e. The predicted molar refractivity (Wildman–Crippen MR) is 63.1 cm³/mol. The quantitative estimate of drug-likeness (QED) is 0.688. The van der Waals surface area contributed by atoms with Crippen molar-refractivity contribution in [2.75, 3.05) is 0 Å². The molecule has 0 aromatic heterocycles. The van der Waals surface area contributed by atoms with Crippen LogP contribution in [0.2, 0.25) is 5.02 Å². The molecule has 0 spiro atoms. The minimum absolute atomic E-state index is 0.476. The summed E-state index contributed by atoms with van der Waals surface area (Å²) >= 11 is 7.74. The highest BCUT2D eigenvalue weighted by atomic mass is 35.5. The second-order valence-electron chi connectivity index (χ2n) is 3.48. The van der Waals surface area contributed by atoms with Crippen molar-refractivity contribution < 1.29 is 0 Å². The molecule has 0 radical (unpaired) electrons. The van der Waals surface area contributed by atoms with Crippen LogP contribution in [-0.4, -0.2) is 5.87 Å². The monoisotopic (exact) mass is 223 g/mol.